The van der Waals surface area contributed by atoms with E-state index >= 15 is 0 Å². The number of benzene rings is 1. The Balaban J connectivity index is 1.94. The first-order valence-electron chi connectivity index (χ1n) is 6.44. The fourth-order valence-electron chi connectivity index (χ4n) is 2.14. The highest BCUT2D eigenvalue weighted by Crippen LogP contribution is 2.40. The molecule has 2 aliphatic heterocycles. The first kappa shape index (κ1) is 15.6. The number of thiocarbonyl (C=S) groups is 1. The van der Waals surface area contributed by atoms with Crippen LogP contribution in [0.2, 0.25) is 0 Å². The minimum Gasteiger partial charge on any atom is -0.496 e. The van der Waals surface area contributed by atoms with Crippen LogP contribution < -0.4 is 14.2 Å². The molecule has 1 saturated heterocycles. The smallest absolute Gasteiger partial charge is 0.323 e. The standard InChI is InChI=1S/C14H11NO6S2/c1-19-8-4-10-9(20-6-21-10)2-7(8)3-11-13(18)15(5-12(16)17)14(22)23-11/h2-4H,5-6H2,1H3,(H,16,17)/b11-3-. The largest absolute Gasteiger partial charge is 0.496 e. The summed E-state index contributed by atoms with van der Waals surface area (Å²) in [4.78, 5) is 24.5. The van der Waals surface area contributed by atoms with Crippen LogP contribution in [-0.2, 0) is 9.59 Å². The molecular formula is C14H11NO6S2. The van der Waals surface area contributed by atoms with E-state index in [1.54, 1.807) is 18.2 Å². The first-order chi connectivity index (χ1) is 11.0. The van der Waals surface area contributed by atoms with Gasteiger partial charge in [0.1, 0.15) is 16.6 Å². The topological polar surface area (TPSA) is 85.3 Å². The minimum absolute atomic E-state index is 0.128. The van der Waals surface area contributed by atoms with Crippen LogP contribution in [0.15, 0.2) is 17.0 Å². The summed E-state index contributed by atoms with van der Waals surface area (Å²) in [5.41, 5.74) is 0.618. The van der Waals surface area contributed by atoms with Crippen molar-refractivity contribution in [2.75, 3.05) is 20.4 Å². The van der Waals surface area contributed by atoms with Gasteiger partial charge < -0.3 is 19.3 Å². The maximum atomic E-state index is 12.3. The van der Waals surface area contributed by atoms with Gasteiger partial charge in [0.25, 0.3) is 5.91 Å². The number of carbonyl (C=O) groups is 2. The number of hydrogen-bond donors (Lipinski definition) is 1. The zero-order chi connectivity index (χ0) is 16.6. The van der Waals surface area contributed by atoms with Crippen LogP contribution in [0.1, 0.15) is 5.56 Å². The Bertz CT molecular complexity index is 745. The fraction of sp³-hybridized carbons (Fsp3) is 0.214. The number of carboxylic acids is 1. The molecule has 0 saturated carbocycles. The summed E-state index contributed by atoms with van der Waals surface area (Å²) in [6.45, 7) is -0.330. The normalized spacial score (nSPS) is 18.0. The lowest BCUT2D eigenvalue weighted by atomic mass is 10.1. The Morgan fingerprint density at radius 2 is 2.17 bits per heavy atom. The van der Waals surface area contributed by atoms with Crippen molar-refractivity contribution in [3.05, 3.63) is 22.6 Å². The highest BCUT2D eigenvalue weighted by Gasteiger charge is 2.33. The Hall–Kier alpha value is -2.26. The van der Waals surface area contributed by atoms with Crippen molar-refractivity contribution in [1.82, 2.24) is 4.90 Å². The molecule has 0 atom stereocenters. The number of thioether (sulfide) groups is 1. The molecule has 0 bridgehead atoms. The van der Waals surface area contributed by atoms with Crippen LogP contribution in [0.4, 0.5) is 0 Å². The Morgan fingerprint density at radius 3 is 2.83 bits per heavy atom. The van der Waals surface area contributed by atoms with E-state index in [9.17, 15) is 9.59 Å². The summed E-state index contributed by atoms with van der Waals surface area (Å²) < 4.78 is 16.1. The molecule has 23 heavy (non-hydrogen) atoms. The summed E-state index contributed by atoms with van der Waals surface area (Å²) in [5, 5.41) is 8.84. The van der Waals surface area contributed by atoms with Crippen LogP contribution in [-0.4, -0.2) is 46.7 Å². The third kappa shape index (κ3) is 2.97. The molecule has 3 rings (SSSR count). The van der Waals surface area contributed by atoms with Gasteiger partial charge in [-0.15, -0.1) is 0 Å². The average molecular weight is 353 g/mol. The van der Waals surface area contributed by atoms with Crippen LogP contribution in [0.5, 0.6) is 17.2 Å². The molecule has 7 nitrogen and oxygen atoms in total. The number of methoxy groups -OCH3 is 1. The summed E-state index contributed by atoms with van der Waals surface area (Å²) in [6, 6.07) is 3.37. The number of aliphatic carboxylic acids is 1. The Morgan fingerprint density at radius 1 is 1.48 bits per heavy atom. The lowest BCUT2D eigenvalue weighted by Crippen LogP contribution is -2.33. The van der Waals surface area contributed by atoms with Gasteiger partial charge in [-0.2, -0.15) is 0 Å². The highest BCUT2D eigenvalue weighted by atomic mass is 32.2. The molecule has 1 aromatic rings. The van der Waals surface area contributed by atoms with Gasteiger partial charge in [0, 0.05) is 11.6 Å². The van der Waals surface area contributed by atoms with Crippen LogP contribution >= 0.6 is 24.0 Å². The molecule has 0 radical (unpaired) electrons. The number of carbonyl (C=O) groups excluding carboxylic acids is 1. The van der Waals surface area contributed by atoms with Crippen LogP contribution in [0.25, 0.3) is 6.08 Å². The average Bonchev–Trinajstić information content (AvgIpc) is 3.06. The number of carboxylic acid groups (broad SMARTS) is 1. The Kier molecular flexibility index (Phi) is 4.14. The molecule has 1 N–H and O–H groups in total. The predicted molar refractivity (Wildman–Crippen MR) is 86.6 cm³/mol. The number of rotatable bonds is 4. The zero-order valence-electron chi connectivity index (χ0n) is 11.9. The molecular weight excluding hydrogens is 342 g/mol. The quantitative estimate of drug-likeness (QED) is 0.647. The molecule has 0 spiro atoms. The van der Waals surface area contributed by atoms with Crippen LogP contribution in [0.3, 0.4) is 0 Å². The van der Waals surface area contributed by atoms with E-state index in [-0.39, 0.29) is 11.1 Å². The van der Waals surface area contributed by atoms with Gasteiger partial charge in [-0.1, -0.05) is 24.0 Å². The lowest BCUT2D eigenvalue weighted by molar-refractivity contribution is -0.140. The van der Waals surface area contributed by atoms with E-state index in [2.05, 4.69) is 0 Å². The maximum absolute atomic E-state index is 12.3. The molecule has 2 aliphatic rings. The van der Waals surface area contributed by atoms with E-state index in [0.717, 1.165) is 16.7 Å². The van der Waals surface area contributed by atoms with Gasteiger partial charge in [-0.3, -0.25) is 14.5 Å². The van der Waals surface area contributed by atoms with Gasteiger partial charge in [-0.05, 0) is 12.1 Å². The molecule has 9 heteroatoms. The molecule has 1 fully saturated rings. The second kappa shape index (κ2) is 6.09. The second-order valence-corrected chi connectivity index (χ2v) is 6.28. The van der Waals surface area contributed by atoms with Gasteiger partial charge in [0.2, 0.25) is 6.79 Å². The van der Waals surface area contributed by atoms with Crippen molar-refractivity contribution in [1.29, 1.82) is 0 Å². The van der Waals surface area contributed by atoms with E-state index in [0.29, 0.717) is 27.7 Å². The number of nitrogens with zero attached hydrogens (tertiary/aromatic N) is 1. The van der Waals surface area contributed by atoms with Gasteiger partial charge >= 0.3 is 5.97 Å². The van der Waals surface area contributed by atoms with Crippen molar-refractivity contribution in [2.24, 2.45) is 0 Å². The fourth-order valence-corrected chi connectivity index (χ4v) is 3.39. The van der Waals surface area contributed by atoms with Crippen molar-refractivity contribution in [3.8, 4) is 17.2 Å². The van der Waals surface area contributed by atoms with Gasteiger partial charge in [0.15, 0.2) is 11.5 Å². The van der Waals surface area contributed by atoms with Crippen molar-refractivity contribution >= 4 is 46.3 Å². The zero-order valence-corrected chi connectivity index (χ0v) is 13.5. The summed E-state index contributed by atoms with van der Waals surface area (Å²) in [5.74, 6) is 0.0681. The summed E-state index contributed by atoms with van der Waals surface area (Å²) in [7, 11) is 1.50. The monoisotopic (exact) mass is 353 g/mol. The molecule has 120 valence electrons. The Labute approximate surface area is 140 Å². The predicted octanol–water partition coefficient (Wildman–Crippen LogP) is 1.71. The minimum atomic E-state index is -1.12. The number of ether oxygens (including phenoxy) is 3. The lowest BCUT2D eigenvalue weighted by Gasteiger charge is -2.10. The van der Waals surface area contributed by atoms with Crippen molar-refractivity contribution < 1.29 is 28.9 Å². The van der Waals surface area contributed by atoms with Gasteiger partial charge in [0.05, 0.1) is 12.0 Å². The first-order valence-corrected chi connectivity index (χ1v) is 7.67. The van der Waals surface area contributed by atoms with E-state index < -0.39 is 18.4 Å². The molecule has 2 heterocycles. The number of amides is 1. The summed E-state index contributed by atoms with van der Waals surface area (Å²) in [6.07, 6.45) is 1.60. The highest BCUT2D eigenvalue weighted by molar-refractivity contribution is 8.26. The maximum Gasteiger partial charge on any atom is 0.323 e. The third-order valence-electron chi connectivity index (χ3n) is 3.18. The molecule has 0 unspecified atom stereocenters. The van der Waals surface area contributed by atoms with Gasteiger partial charge in [-0.25, -0.2) is 0 Å². The van der Waals surface area contributed by atoms with E-state index in [1.165, 1.54) is 7.11 Å². The molecule has 1 amide bonds. The number of fused-ring (bicyclic) bond motifs is 1. The molecule has 1 aromatic carbocycles. The third-order valence-corrected chi connectivity index (χ3v) is 4.56. The van der Waals surface area contributed by atoms with Crippen molar-refractivity contribution in [2.45, 2.75) is 0 Å². The molecule has 0 aliphatic carbocycles. The van der Waals surface area contributed by atoms with Crippen LogP contribution in [0, 0.1) is 0 Å². The molecule has 0 aromatic heterocycles. The number of hydrogen-bond acceptors (Lipinski definition) is 7. The van der Waals surface area contributed by atoms with E-state index in [4.69, 9.17) is 31.5 Å². The van der Waals surface area contributed by atoms with E-state index in [1.807, 2.05) is 0 Å². The second-order valence-electron chi connectivity index (χ2n) is 4.61. The summed E-state index contributed by atoms with van der Waals surface area (Å²) >= 11 is 6.11. The van der Waals surface area contributed by atoms with Crippen molar-refractivity contribution in [3.63, 3.8) is 0 Å². The SMILES string of the molecule is COc1cc2c(cc1/C=C1\SC(=S)N(CC(=O)O)C1=O)OCO2.